The summed E-state index contributed by atoms with van der Waals surface area (Å²) < 4.78 is 0. The van der Waals surface area contributed by atoms with Crippen LogP contribution in [0.5, 0.6) is 0 Å². The summed E-state index contributed by atoms with van der Waals surface area (Å²) in [5, 5.41) is 6.08. The molecule has 1 saturated carbocycles. The molecule has 5 heteroatoms. The molecule has 5 nitrogen and oxygen atoms in total. The van der Waals surface area contributed by atoms with Gasteiger partial charge in [0.15, 0.2) is 0 Å². The highest BCUT2D eigenvalue weighted by Gasteiger charge is 2.25. The second kappa shape index (κ2) is 9.08. The van der Waals surface area contributed by atoms with Crippen LogP contribution in [0.1, 0.15) is 69.7 Å². The summed E-state index contributed by atoms with van der Waals surface area (Å²) >= 11 is 0. The molecule has 2 amide bonds. The molecule has 1 aliphatic carbocycles. The van der Waals surface area contributed by atoms with E-state index in [-0.39, 0.29) is 17.9 Å². The molecule has 0 radical (unpaired) electrons. The first kappa shape index (κ1) is 20.8. The van der Waals surface area contributed by atoms with Crippen LogP contribution in [-0.2, 0) is 4.79 Å². The molecule has 1 aromatic carbocycles. The number of benzene rings is 1. The van der Waals surface area contributed by atoms with Crippen molar-refractivity contribution in [3.63, 3.8) is 0 Å². The maximum Gasteiger partial charge on any atom is 0.251 e. The molecular weight excluding hydrogens is 350 g/mol. The summed E-state index contributed by atoms with van der Waals surface area (Å²) in [5.74, 6) is 0.776. The zero-order valence-electron chi connectivity index (χ0n) is 17.6. The normalized spacial score (nSPS) is 19.5. The van der Waals surface area contributed by atoms with Crippen molar-refractivity contribution in [2.24, 2.45) is 11.3 Å². The Bertz CT molecular complexity index is 681. The predicted molar refractivity (Wildman–Crippen MR) is 113 cm³/mol. The summed E-state index contributed by atoms with van der Waals surface area (Å²) in [6, 6.07) is 7.44. The third-order valence-corrected chi connectivity index (χ3v) is 5.98. The fourth-order valence-corrected chi connectivity index (χ4v) is 4.14. The van der Waals surface area contributed by atoms with Crippen LogP contribution in [0.4, 0.5) is 5.69 Å². The van der Waals surface area contributed by atoms with E-state index in [1.54, 1.807) is 12.1 Å². The zero-order valence-corrected chi connectivity index (χ0v) is 17.6. The number of amides is 2. The summed E-state index contributed by atoms with van der Waals surface area (Å²) in [5.41, 5.74) is 0.795. The molecule has 0 bridgehead atoms. The Morgan fingerprint density at radius 1 is 1.07 bits per heavy atom. The number of nitrogens with zero attached hydrogens (tertiary/aromatic N) is 1. The van der Waals surface area contributed by atoms with Gasteiger partial charge in [0.2, 0.25) is 5.91 Å². The lowest BCUT2D eigenvalue weighted by Gasteiger charge is -2.33. The Morgan fingerprint density at radius 2 is 1.75 bits per heavy atom. The molecule has 1 heterocycles. The lowest BCUT2D eigenvalue weighted by molar-refractivity contribution is -0.123. The van der Waals surface area contributed by atoms with Gasteiger partial charge < -0.3 is 15.5 Å². The van der Waals surface area contributed by atoms with E-state index < -0.39 is 5.41 Å². The van der Waals surface area contributed by atoms with Crippen molar-refractivity contribution in [1.29, 1.82) is 0 Å². The molecule has 0 atom stereocenters. The molecule has 3 rings (SSSR count). The molecule has 2 aliphatic rings. The topological polar surface area (TPSA) is 61.4 Å². The minimum Gasteiger partial charge on any atom is -0.349 e. The standard InChI is InChI=1S/C23H35N3O2/c1-23(2,3)22(28)25-20-10-6-9-18(15-20)21(27)24-19-11-13-26(14-12-19)16-17-7-4-5-8-17/h6,9-10,15,17,19H,4-5,7-8,11-14,16H2,1-3H3,(H,24,27)(H,25,28). The summed E-state index contributed by atoms with van der Waals surface area (Å²) in [6.45, 7) is 9.00. The number of carbonyl (C=O) groups excluding carboxylic acids is 2. The van der Waals surface area contributed by atoms with Crippen molar-refractivity contribution >= 4 is 17.5 Å². The van der Waals surface area contributed by atoms with E-state index in [1.165, 1.54) is 32.2 Å². The molecule has 1 aromatic rings. The summed E-state index contributed by atoms with van der Waals surface area (Å²) in [6.07, 6.45) is 7.59. The van der Waals surface area contributed by atoms with Crippen molar-refractivity contribution in [3.8, 4) is 0 Å². The lowest BCUT2D eigenvalue weighted by Crippen LogP contribution is -2.45. The molecule has 0 aromatic heterocycles. The second-order valence-corrected chi connectivity index (χ2v) is 9.48. The van der Waals surface area contributed by atoms with E-state index in [0.717, 1.165) is 31.8 Å². The number of piperidine rings is 1. The molecule has 154 valence electrons. The highest BCUT2D eigenvalue weighted by molar-refractivity contribution is 5.98. The van der Waals surface area contributed by atoms with E-state index in [2.05, 4.69) is 15.5 Å². The van der Waals surface area contributed by atoms with Crippen molar-refractivity contribution in [2.75, 3.05) is 25.0 Å². The molecule has 28 heavy (non-hydrogen) atoms. The molecule has 0 spiro atoms. The van der Waals surface area contributed by atoms with Gasteiger partial charge in [-0.05, 0) is 49.8 Å². The maximum atomic E-state index is 12.7. The van der Waals surface area contributed by atoms with Gasteiger partial charge in [0, 0.05) is 42.3 Å². The monoisotopic (exact) mass is 385 g/mol. The fourth-order valence-electron chi connectivity index (χ4n) is 4.14. The van der Waals surface area contributed by atoms with Crippen LogP contribution < -0.4 is 10.6 Å². The number of nitrogens with one attached hydrogen (secondary N) is 2. The average Bonchev–Trinajstić information content (AvgIpc) is 3.16. The van der Waals surface area contributed by atoms with Gasteiger partial charge in [-0.1, -0.05) is 39.7 Å². The van der Waals surface area contributed by atoms with Crippen molar-refractivity contribution < 1.29 is 9.59 Å². The summed E-state index contributed by atoms with van der Waals surface area (Å²) in [7, 11) is 0. The largest absolute Gasteiger partial charge is 0.349 e. The van der Waals surface area contributed by atoms with E-state index in [1.807, 2.05) is 32.9 Å². The van der Waals surface area contributed by atoms with Crippen LogP contribution in [0.2, 0.25) is 0 Å². The minimum atomic E-state index is -0.468. The minimum absolute atomic E-state index is 0.0545. The van der Waals surface area contributed by atoms with Crippen molar-refractivity contribution in [1.82, 2.24) is 10.2 Å². The molecule has 2 N–H and O–H groups in total. The van der Waals surface area contributed by atoms with Gasteiger partial charge >= 0.3 is 0 Å². The van der Waals surface area contributed by atoms with E-state index in [9.17, 15) is 9.59 Å². The van der Waals surface area contributed by atoms with Crippen LogP contribution in [0, 0.1) is 11.3 Å². The highest BCUT2D eigenvalue weighted by atomic mass is 16.2. The van der Waals surface area contributed by atoms with E-state index >= 15 is 0 Å². The van der Waals surface area contributed by atoms with E-state index in [4.69, 9.17) is 0 Å². The zero-order chi connectivity index (χ0) is 20.1. The van der Waals surface area contributed by atoms with Gasteiger partial charge in [0.25, 0.3) is 5.91 Å². The number of hydrogen-bond acceptors (Lipinski definition) is 3. The van der Waals surface area contributed by atoms with Crippen LogP contribution >= 0.6 is 0 Å². The second-order valence-electron chi connectivity index (χ2n) is 9.48. The third-order valence-electron chi connectivity index (χ3n) is 5.98. The number of anilines is 1. The first-order chi connectivity index (χ1) is 13.3. The third kappa shape index (κ3) is 5.81. The van der Waals surface area contributed by atoms with Crippen LogP contribution in [-0.4, -0.2) is 42.4 Å². The van der Waals surface area contributed by atoms with Crippen LogP contribution in [0.25, 0.3) is 0 Å². The van der Waals surface area contributed by atoms with Gasteiger partial charge in [-0.3, -0.25) is 9.59 Å². The van der Waals surface area contributed by atoms with Gasteiger partial charge in [0.05, 0.1) is 0 Å². The molecule has 1 saturated heterocycles. The van der Waals surface area contributed by atoms with Crippen molar-refractivity contribution in [3.05, 3.63) is 29.8 Å². The Hall–Kier alpha value is -1.88. The lowest BCUT2D eigenvalue weighted by atomic mass is 9.95. The number of rotatable bonds is 5. The predicted octanol–water partition coefficient (Wildman–Crippen LogP) is 4.06. The maximum absolute atomic E-state index is 12.7. The first-order valence-corrected chi connectivity index (χ1v) is 10.8. The van der Waals surface area contributed by atoms with Crippen LogP contribution in [0.3, 0.4) is 0 Å². The average molecular weight is 386 g/mol. The Balaban J connectivity index is 1.48. The Morgan fingerprint density at radius 3 is 2.39 bits per heavy atom. The Kier molecular flexibility index (Phi) is 6.76. The number of likely N-dealkylation sites (tertiary alicyclic amines) is 1. The molecule has 1 aliphatic heterocycles. The fraction of sp³-hybridized carbons (Fsp3) is 0.652. The highest BCUT2D eigenvalue weighted by Crippen LogP contribution is 2.26. The van der Waals surface area contributed by atoms with Crippen LogP contribution in [0.15, 0.2) is 24.3 Å². The van der Waals surface area contributed by atoms with Gasteiger partial charge in [-0.2, -0.15) is 0 Å². The number of carbonyl (C=O) groups is 2. The van der Waals surface area contributed by atoms with Gasteiger partial charge in [0.1, 0.15) is 0 Å². The smallest absolute Gasteiger partial charge is 0.251 e. The summed E-state index contributed by atoms with van der Waals surface area (Å²) in [4.78, 5) is 27.4. The number of hydrogen-bond donors (Lipinski definition) is 2. The quantitative estimate of drug-likeness (QED) is 0.804. The van der Waals surface area contributed by atoms with Crippen molar-refractivity contribution in [2.45, 2.75) is 65.3 Å². The molecule has 2 fully saturated rings. The van der Waals surface area contributed by atoms with E-state index in [0.29, 0.717) is 11.3 Å². The Labute approximate surface area is 169 Å². The first-order valence-electron chi connectivity index (χ1n) is 10.8. The molecule has 0 unspecified atom stereocenters. The molecular formula is C23H35N3O2. The van der Waals surface area contributed by atoms with Gasteiger partial charge in [-0.25, -0.2) is 0 Å². The van der Waals surface area contributed by atoms with Gasteiger partial charge in [-0.15, -0.1) is 0 Å². The SMILES string of the molecule is CC(C)(C)C(=O)Nc1cccc(C(=O)NC2CCN(CC3CCCC3)CC2)c1.